The summed E-state index contributed by atoms with van der Waals surface area (Å²) in [5, 5.41) is 24.5. The van der Waals surface area contributed by atoms with Gasteiger partial charge in [0.05, 0.1) is 68.4 Å². The van der Waals surface area contributed by atoms with Gasteiger partial charge in [-0.2, -0.15) is 0 Å². The number of piperidine rings is 1. The third-order valence-electron chi connectivity index (χ3n) is 15.2. The number of nitrogens with one attached hydrogen (secondary N) is 6. The largest absolute Gasteiger partial charge is 1.00 e. The van der Waals surface area contributed by atoms with Gasteiger partial charge in [-0.25, -0.2) is 42.6 Å². The number of hydrogen-bond acceptors (Lipinski definition) is 15. The zero-order valence-corrected chi connectivity index (χ0v) is 62.1. The van der Waals surface area contributed by atoms with E-state index in [0.717, 1.165) is 63.2 Å². The number of hydrogen-bond donors (Lipinski definition) is 9. The molecule has 0 radical (unpaired) electrons. The molecule has 0 saturated carbocycles. The SMILES string of the molecule is C=C1CC(=O)CCN1.CC(=O)O.CC(=O)c1c(F)ccc2ccc(Cl)nc12.CON(C)C(C)=O.Fc1ccc2ccc(Cl)nc2c1.N.Nc1ccccc1.O=C1NCCc2[nH]c(-c3c(F)ccc4ccc(Cl)nc34)cc21.O=C1NCCc2[nH]c(-c3c(F)ccc4ccc(Nc5ccccc5)nc34)cc21.[H-].[Na+]. The zero-order valence-electron chi connectivity index (χ0n) is 58.9. The van der Waals surface area contributed by atoms with Crippen molar-refractivity contribution in [1.82, 2.24) is 57.1 Å². The molecule has 3 aliphatic heterocycles. The summed E-state index contributed by atoms with van der Waals surface area (Å²) in [4.78, 5) is 92.7. The molecule has 0 bridgehead atoms. The fourth-order valence-corrected chi connectivity index (χ4v) is 10.8. The number of aliphatic carboxylic acids is 1. The molecular weight excluding hydrogens is 1430 g/mol. The van der Waals surface area contributed by atoms with Crippen molar-refractivity contribution in [3.8, 4) is 22.5 Å². The Morgan fingerprint density at radius 1 is 0.581 bits per heavy atom. The van der Waals surface area contributed by atoms with E-state index in [9.17, 15) is 41.5 Å². The van der Waals surface area contributed by atoms with Crippen LogP contribution in [0.15, 0.2) is 188 Å². The second-order valence-corrected chi connectivity index (χ2v) is 23.9. The van der Waals surface area contributed by atoms with Crippen LogP contribution in [0.4, 0.5) is 34.8 Å². The van der Waals surface area contributed by atoms with Crippen LogP contribution in [0.25, 0.3) is 66.1 Å². The van der Waals surface area contributed by atoms with E-state index in [4.69, 9.17) is 50.4 Å². The number of nitrogen functional groups attached to an aromatic ring is 1. The minimum atomic E-state index is -0.833. The predicted octanol–water partition coefficient (Wildman–Crippen LogP) is 13.1. The first-order valence-corrected chi connectivity index (χ1v) is 32.8. The number of carboxylic acid groups (broad SMARTS) is 1. The van der Waals surface area contributed by atoms with Crippen molar-refractivity contribution in [1.29, 1.82) is 0 Å². The topological polar surface area (TPSA) is 327 Å². The van der Waals surface area contributed by atoms with Crippen LogP contribution < -0.4 is 62.7 Å². The van der Waals surface area contributed by atoms with Crippen LogP contribution in [0.1, 0.15) is 77.5 Å². The van der Waals surface area contributed by atoms with E-state index in [1.165, 1.54) is 51.3 Å². The number of allylic oxidation sites excluding steroid dienone is 1. The van der Waals surface area contributed by atoms with Crippen LogP contribution >= 0.6 is 34.8 Å². The van der Waals surface area contributed by atoms with Gasteiger partial charge in [0.15, 0.2) is 5.78 Å². The first-order valence-electron chi connectivity index (χ1n) is 31.6. The number of aromatic nitrogens is 6. The van der Waals surface area contributed by atoms with E-state index in [2.05, 4.69) is 62.6 Å². The van der Waals surface area contributed by atoms with Gasteiger partial charge in [0.25, 0.3) is 17.8 Å². The number of fused-ring (bicyclic) bond motifs is 6. The van der Waals surface area contributed by atoms with E-state index >= 15 is 0 Å². The monoisotopic (exact) mass is 1500 g/mol. The molecule has 12 aromatic rings. The van der Waals surface area contributed by atoms with Crippen LogP contribution in [-0.4, -0.2) is 109 Å². The maximum Gasteiger partial charge on any atom is 1.00 e. The summed E-state index contributed by atoms with van der Waals surface area (Å²) in [6.07, 6.45) is 2.59. The predicted molar refractivity (Wildman–Crippen MR) is 400 cm³/mol. The second-order valence-electron chi connectivity index (χ2n) is 22.8. The molecule has 3 amide bonds. The van der Waals surface area contributed by atoms with Gasteiger partial charge in [-0.3, -0.25) is 33.6 Å². The normalized spacial score (nSPS) is 12.1. The van der Waals surface area contributed by atoms with Crippen molar-refractivity contribution in [3.05, 3.63) is 255 Å². The molecular formula is C76H73Cl3F4N13NaO8. The Balaban J connectivity index is 0.000000232. The Morgan fingerprint density at radius 3 is 1.47 bits per heavy atom. The summed E-state index contributed by atoms with van der Waals surface area (Å²) in [7, 11) is 3.00. The van der Waals surface area contributed by atoms with E-state index in [1.807, 2.05) is 78.9 Å². The number of anilines is 3. The Labute approximate surface area is 639 Å². The molecule has 29 heteroatoms. The van der Waals surface area contributed by atoms with Gasteiger partial charge in [-0.1, -0.05) is 77.8 Å². The number of rotatable bonds is 6. The summed E-state index contributed by atoms with van der Waals surface area (Å²) >= 11 is 17.3. The summed E-state index contributed by atoms with van der Waals surface area (Å²) < 4.78 is 55.3. The number of nitrogens with zero attached hydrogens (tertiary/aromatic N) is 5. The minimum Gasteiger partial charge on any atom is -1.00 e. The molecule has 15 rings (SSSR count). The van der Waals surface area contributed by atoms with Gasteiger partial charge in [-0.15, -0.1) is 0 Å². The van der Waals surface area contributed by atoms with Gasteiger partial charge < -0.3 is 49.7 Å². The maximum absolute atomic E-state index is 14.8. The van der Waals surface area contributed by atoms with Crippen molar-refractivity contribution < 1.29 is 87.3 Å². The Hall–Kier alpha value is -10.6. The van der Waals surface area contributed by atoms with Crippen molar-refractivity contribution >= 4 is 131 Å². The number of nitrogens with two attached hydrogens (primary N) is 1. The molecule has 0 unspecified atom stereocenters. The Bertz CT molecular complexity index is 5040. The van der Waals surface area contributed by atoms with E-state index in [1.54, 1.807) is 73.8 Å². The molecule has 6 aromatic carbocycles. The molecule has 105 heavy (non-hydrogen) atoms. The number of amides is 3. The fraction of sp³-hybridized carbons (Fsp3) is 0.158. The number of Topliss-reactive ketones (excluding diaryl/α,β-unsaturated/α-hetero) is 2. The molecule has 1 saturated heterocycles. The standard InChI is InChI=1S/C22H17FN4O.C16H11ClFN3O.C11H7ClFNO.C9H5ClFN.C6H9NO.C6H7N.C4H9NO2.C2H4O2.H3N.Na.H/c23-16-8-6-13-7-9-19(25-14-4-2-1-3-5-14)27-21(13)20(16)18-12-15-17(26-18)10-11-24-22(15)28;17-13-4-2-8-1-3-10(18)14(15(8)21-13)12-7-9-11(20-12)5-6-19-16(9)22;1-6(15)10-8(13)4-2-7-3-5-9(12)14-11(7)10;10-9-4-2-6-1-3-7(11)5-8(6)12-9;1-5-4-6(8)2-3-7-5;7-6-4-2-1-3-5-6;1-4(6)5(2)7-3;1-2(3)4;;;/h1-9,12,26H,10-11H2,(H,24,28)(H,25,27);1-4,7,20H,5-6H2,(H,19,22);2-5H,1H3;1-5H;7H,1-4H2;1-5H,7H2;1-3H3;1H3,(H,3,4);1H3;;/q;;;;;;;;;+1;-1. The fourth-order valence-electron chi connectivity index (χ4n) is 10.3. The molecule has 1 fully saturated rings. The summed E-state index contributed by atoms with van der Waals surface area (Å²) in [6.45, 7) is 9.39. The average molecular weight is 1500 g/mol. The number of aromatic amines is 2. The molecule has 540 valence electrons. The number of carbonyl (C=O) groups is 6. The molecule has 6 aromatic heterocycles. The van der Waals surface area contributed by atoms with Crippen LogP contribution in [0.2, 0.25) is 15.5 Å². The van der Waals surface area contributed by atoms with E-state index < -0.39 is 17.6 Å². The van der Waals surface area contributed by atoms with Crippen LogP contribution in [0, 0.1) is 23.3 Å². The summed E-state index contributed by atoms with van der Waals surface area (Å²) in [6, 6.07) is 50.1. The van der Waals surface area contributed by atoms with Crippen molar-refractivity contribution in [2.45, 2.75) is 46.5 Å². The molecule has 0 atom stereocenters. The molecule has 21 nitrogen and oxygen atoms in total. The number of H-pyrrole nitrogens is 2. The number of pyridine rings is 4. The number of halogens is 7. The minimum absolute atomic E-state index is 0. The second kappa shape index (κ2) is 39.9. The Morgan fingerprint density at radius 2 is 1.02 bits per heavy atom. The number of para-hydroxylation sites is 2. The number of carbonyl (C=O) groups excluding carboxylic acids is 5. The number of benzene rings is 6. The third-order valence-corrected chi connectivity index (χ3v) is 15.9. The quantitative estimate of drug-likeness (QED) is 0.0187. The van der Waals surface area contributed by atoms with Crippen molar-refractivity contribution in [2.75, 3.05) is 44.8 Å². The number of ketones is 2. The molecule has 9 heterocycles. The van der Waals surface area contributed by atoms with E-state index in [-0.39, 0.29) is 83.0 Å². The average Bonchev–Trinajstić information content (AvgIpc) is 1.57. The summed E-state index contributed by atoms with van der Waals surface area (Å²) in [5.74, 6) is -2.28. The van der Waals surface area contributed by atoms with Crippen molar-refractivity contribution in [3.63, 3.8) is 0 Å². The Kier molecular flexibility index (Phi) is 31.6. The third kappa shape index (κ3) is 23.7. The van der Waals surface area contributed by atoms with Crippen molar-refractivity contribution in [2.24, 2.45) is 0 Å². The maximum atomic E-state index is 14.8. The molecule has 12 N–H and O–H groups in total. The number of carboxylic acids is 1. The van der Waals surface area contributed by atoms with Gasteiger partial charge in [0.2, 0.25) is 5.91 Å². The van der Waals surface area contributed by atoms with Gasteiger partial charge >= 0.3 is 29.6 Å². The smallest absolute Gasteiger partial charge is 1.00 e. The van der Waals surface area contributed by atoms with Gasteiger partial charge in [0, 0.05) is 122 Å². The van der Waals surface area contributed by atoms with E-state index in [0.29, 0.717) is 122 Å². The van der Waals surface area contributed by atoms with Crippen LogP contribution in [0.3, 0.4) is 0 Å². The van der Waals surface area contributed by atoms with Crippen LogP contribution in [-0.2, 0) is 32.1 Å². The van der Waals surface area contributed by atoms with Gasteiger partial charge in [0.1, 0.15) is 50.3 Å². The molecule has 3 aliphatic rings. The molecule has 0 aliphatic carbocycles. The number of hydroxylamine groups is 2. The first-order chi connectivity index (χ1) is 49.3. The van der Waals surface area contributed by atoms with Crippen LogP contribution in [0.5, 0.6) is 0 Å². The van der Waals surface area contributed by atoms with Gasteiger partial charge in [-0.05, 0) is 140 Å². The zero-order chi connectivity index (χ0) is 74.4. The molecule has 0 spiro atoms. The summed E-state index contributed by atoms with van der Waals surface area (Å²) in [5.41, 5.74) is 14.4. The first kappa shape index (κ1) is 83.3.